The van der Waals surface area contributed by atoms with Crippen LogP contribution in [0.2, 0.25) is 0 Å². The summed E-state index contributed by atoms with van der Waals surface area (Å²) in [5.74, 6) is -0.296. The van der Waals surface area contributed by atoms with Gasteiger partial charge in [-0.1, -0.05) is 0 Å². The molecule has 0 fully saturated rings. The van der Waals surface area contributed by atoms with Gasteiger partial charge in [-0.25, -0.2) is 0 Å². The Morgan fingerprint density at radius 2 is 1.82 bits per heavy atom. The van der Waals surface area contributed by atoms with Gasteiger partial charge in [0.25, 0.3) is 5.91 Å². The number of anilines is 1. The second-order valence-electron chi connectivity index (χ2n) is 4.30. The second kappa shape index (κ2) is 5.31. The van der Waals surface area contributed by atoms with E-state index in [9.17, 15) is 9.59 Å². The minimum absolute atomic E-state index is 0.0762. The predicted molar refractivity (Wildman–Crippen MR) is 70.7 cm³/mol. The van der Waals surface area contributed by atoms with Crippen LogP contribution in [0.15, 0.2) is 0 Å². The topological polar surface area (TPSA) is 58.2 Å². The summed E-state index contributed by atoms with van der Waals surface area (Å²) in [6, 6.07) is 0.0762. The summed E-state index contributed by atoms with van der Waals surface area (Å²) in [6.07, 6.45) is 0. The van der Waals surface area contributed by atoms with Crippen molar-refractivity contribution in [2.45, 2.75) is 40.7 Å². The van der Waals surface area contributed by atoms with Crippen LogP contribution in [0.1, 0.15) is 41.6 Å². The lowest BCUT2D eigenvalue weighted by molar-refractivity contribution is -0.114. The molecule has 0 atom stereocenters. The lowest BCUT2D eigenvalue weighted by atomic mass is 10.1. The summed E-state index contributed by atoms with van der Waals surface area (Å²) >= 11 is 1.43. The number of hydrogen-bond donors (Lipinski definition) is 2. The molecule has 0 radical (unpaired) electrons. The number of carbonyl (C=O) groups is 2. The predicted octanol–water partition coefficient (Wildman–Crippen LogP) is 2.46. The molecule has 5 heteroatoms. The summed E-state index contributed by atoms with van der Waals surface area (Å²) in [7, 11) is 0. The maximum Gasteiger partial charge on any atom is 0.254 e. The van der Waals surface area contributed by atoms with Crippen molar-refractivity contribution < 1.29 is 9.59 Å². The third-order valence-corrected chi connectivity index (χ3v) is 3.44. The standard InChI is InChI=1S/C12H18N2O2S/c1-6(2)13-11(16)10-7(3)8(4)17-12(10)14-9(5)15/h6H,1-5H3,(H,13,16)(H,14,15). The number of carbonyl (C=O) groups excluding carboxylic acids is 2. The normalized spacial score (nSPS) is 10.5. The van der Waals surface area contributed by atoms with Crippen molar-refractivity contribution in [1.82, 2.24) is 5.32 Å². The number of thiophene rings is 1. The Labute approximate surface area is 105 Å². The molecule has 0 aliphatic carbocycles. The summed E-state index contributed by atoms with van der Waals surface area (Å²) in [5.41, 5.74) is 1.51. The molecule has 1 aromatic heterocycles. The third-order valence-electron chi connectivity index (χ3n) is 2.32. The fourth-order valence-corrected chi connectivity index (χ4v) is 2.59. The Hall–Kier alpha value is -1.36. The van der Waals surface area contributed by atoms with E-state index < -0.39 is 0 Å². The summed E-state index contributed by atoms with van der Waals surface area (Å²) < 4.78 is 0. The van der Waals surface area contributed by atoms with Crippen LogP contribution >= 0.6 is 11.3 Å². The molecule has 0 unspecified atom stereocenters. The molecule has 0 saturated carbocycles. The number of aryl methyl sites for hydroxylation is 1. The average molecular weight is 254 g/mol. The zero-order valence-electron chi connectivity index (χ0n) is 10.8. The van der Waals surface area contributed by atoms with E-state index in [0.717, 1.165) is 10.4 Å². The van der Waals surface area contributed by atoms with Gasteiger partial charge in [-0.05, 0) is 33.3 Å². The van der Waals surface area contributed by atoms with E-state index in [0.29, 0.717) is 10.6 Å². The van der Waals surface area contributed by atoms with Crippen LogP contribution in [-0.4, -0.2) is 17.9 Å². The summed E-state index contributed by atoms with van der Waals surface area (Å²) in [4.78, 5) is 24.2. The first-order valence-electron chi connectivity index (χ1n) is 5.51. The zero-order valence-corrected chi connectivity index (χ0v) is 11.6. The minimum atomic E-state index is -0.162. The molecule has 0 spiro atoms. The molecule has 0 saturated heterocycles. The van der Waals surface area contributed by atoms with Gasteiger partial charge in [0.2, 0.25) is 5.91 Å². The van der Waals surface area contributed by atoms with Crippen LogP contribution < -0.4 is 10.6 Å². The number of nitrogens with one attached hydrogen (secondary N) is 2. The molecule has 1 heterocycles. The molecular formula is C12H18N2O2S. The van der Waals surface area contributed by atoms with Crippen molar-refractivity contribution in [3.8, 4) is 0 Å². The van der Waals surface area contributed by atoms with Gasteiger partial charge in [-0.2, -0.15) is 0 Å². The van der Waals surface area contributed by atoms with Gasteiger partial charge in [-0.15, -0.1) is 11.3 Å². The molecule has 4 nitrogen and oxygen atoms in total. The average Bonchev–Trinajstić information content (AvgIpc) is 2.39. The van der Waals surface area contributed by atoms with Gasteiger partial charge >= 0.3 is 0 Å². The highest BCUT2D eigenvalue weighted by Crippen LogP contribution is 2.32. The zero-order chi connectivity index (χ0) is 13.2. The molecule has 2 N–H and O–H groups in total. The van der Waals surface area contributed by atoms with Gasteiger partial charge in [-0.3, -0.25) is 9.59 Å². The van der Waals surface area contributed by atoms with Gasteiger partial charge in [0.1, 0.15) is 5.00 Å². The van der Waals surface area contributed by atoms with Gasteiger partial charge in [0.15, 0.2) is 0 Å². The Morgan fingerprint density at radius 3 is 2.29 bits per heavy atom. The van der Waals surface area contributed by atoms with E-state index in [1.165, 1.54) is 18.3 Å². The highest BCUT2D eigenvalue weighted by Gasteiger charge is 2.20. The largest absolute Gasteiger partial charge is 0.350 e. The first-order chi connectivity index (χ1) is 7.82. The molecule has 0 aliphatic heterocycles. The molecule has 0 aromatic carbocycles. The van der Waals surface area contributed by atoms with E-state index >= 15 is 0 Å². The SMILES string of the molecule is CC(=O)Nc1sc(C)c(C)c1C(=O)NC(C)C. The van der Waals surface area contributed by atoms with Crippen molar-refractivity contribution >= 4 is 28.2 Å². The van der Waals surface area contributed by atoms with Gasteiger partial charge in [0.05, 0.1) is 5.56 Å². The van der Waals surface area contributed by atoms with Crippen LogP contribution in [0.3, 0.4) is 0 Å². The molecule has 2 amide bonds. The lowest BCUT2D eigenvalue weighted by Crippen LogP contribution is -2.31. The molecule has 0 bridgehead atoms. The van der Waals surface area contributed by atoms with Gasteiger partial charge in [0, 0.05) is 17.8 Å². The van der Waals surface area contributed by atoms with Crippen LogP contribution in [0.4, 0.5) is 5.00 Å². The highest BCUT2D eigenvalue weighted by atomic mass is 32.1. The first-order valence-corrected chi connectivity index (χ1v) is 6.33. The van der Waals surface area contributed by atoms with Crippen LogP contribution in [0.5, 0.6) is 0 Å². The third kappa shape index (κ3) is 3.30. The van der Waals surface area contributed by atoms with E-state index in [1.807, 2.05) is 27.7 Å². The van der Waals surface area contributed by atoms with Crippen molar-refractivity contribution in [3.63, 3.8) is 0 Å². The Bertz CT molecular complexity index is 450. The first kappa shape index (κ1) is 13.7. The maximum absolute atomic E-state index is 12.0. The second-order valence-corrected chi connectivity index (χ2v) is 5.52. The van der Waals surface area contributed by atoms with Crippen LogP contribution in [-0.2, 0) is 4.79 Å². The Balaban J connectivity index is 3.11. The molecule has 1 rings (SSSR count). The molecule has 0 aliphatic rings. The smallest absolute Gasteiger partial charge is 0.254 e. The Morgan fingerprint density at radius 1 is 1.24 bits per heavy atom. The fourth-order valence-electron chi connectivity index (χ4n) is 1.48. The number of rotatable bonds is 3. The summed E-state index contributed by atoms with van der Waals surface area (Å²) in [5, 5.41) is 6.18. The van der Waals surface area contributed by atoms with E-state index in [4.69, 9.17) is 0 Å². The van der Waals surface area contributed by atoms with E-state index in [1.54, 1.807) is 0 Å². The maximum atomic E-state index is 12.0. The monoisotopic (exact) mass is 254 g/mol. The van der Waals surface area contributed by atoms with Crippen molar-refractivity contribution in [2.24, 2.45) is 0 Å². The van der Waals surface area contributed by atoms with Gasteiger partial charge < -0.3 is 10.6 Å². The van der Waals surface area contributed by atoms with Crippen LogP contribution in [0, 0.1) is 13.8 Å². The van der Waals surface area contributed by atoms with Crippen molar-refractivity contribution in [3.05, 3.63) is 16.0 Å². The fraction of sp³-hybridized carbons (Fsp3) is 0.500. The van der Waals surface area contributed by atoms with Crippen molar-refractivity contribution in [2.75, 3.05) is 5.32 Å². The van der Waals surface area contributed by atoms with E-state index in [-0.39, 0.29) is 17.9 Å². The molecule has 1 aromatic rings. The summed E-state index contributed by atoms with van der Waals surface area (Å²) in [6.45, 7) is 9.09. The van der Waals surface area contributed by atoms with E-state index in [2.05, 4.69) is 10.6 Å². The molecule has 94 valence electrons. The quantitative estimate of drug-likeness (QED) is 0.870. The Kier molecular flexibility index (Phi) is 4.28. The number of amides is 2. The minimum Gasteiger partial charge on any atom is -0.350 e. The molecular weight excluding hydrogens is 236 g/mol. The van der Waals surface area contributed by atoms with Crippen molar-refractivity contribution in [1.29, 1.82) is 0 Å². The van der Waals surface area contributed by atoms with Crippen LogP contribution in [0.25, 0.3) is 0 Å². The number of hydrogen-bond acceptors (Lipinski definition) is 3. The lowest BCUT2D eigenvalue weighted by Gasteiger charge is -2.10. The highest BCUT2D eigenvalue weighted by molar-refractivity contribution is 7.16. The molecule has 17 heavy (non-hydrogen) atoms.